The molecule has 5 heteroatoms. The van der Waals surface area contributed by atoms with E-state index in [2.05, 4.69) is 19.2 Å². The van der Waals surface area contributed by atoms with E-state index in [0.717, 1.165) is 18.4 Å². The maximum atomic E-state index is 11.8. The van der Waals surface area contributed by atoms with Gasteiger partial charge < -0.3 is 11.1 Å². The zero-order valence-electron chi connectivity index (χ0n) is 12.1. The second-order valence-electron chi connectivity index (χ2n) is 5.26. The third kappa shape index (κ3) is 7.73. The molecule has 3 N–H and O–H groups in total. The number of carbonyl (C=O) groups is 1. The minimum absolute atomic E-state index is 0. The number of carbonyl (C=O) groups excluding carboxylic acids is 1. The van der Waals surface area contributed by atoms with Gasteiger partial charge in [0, 0.05) is 24.0 Å². The Labute approximate surface area is 132 Å². The smallest absolute Gasteiger partial charge is 0.220 e. The maximum absolute atomic E-state index is 11.8. The first-order valence-corrected chi connectivity index (χ1v) is 7.13. The molecule has 1 atom stereocenters. The van der Waals surface area contributed by atoms with Crippen LogP contribution in [0, 0.1) is 5.92 Å². The lowest BCUT2D eigenvalue weighted by molar-refractivity contribution is -0.121. The third-order valence-electron chi connectivity index (χ3n) is 2.96. The Kier molecular flexibility index (Phi) is 9.64. The van der Waals surface area contributed by atoms with Gasteiger partial charge in [-0.2, -0.15) is 0 Å². The molecule has 0 aliphatic heterocycles. The van der Waals surface area contributed by atoms with Gasteiger partial charge in [-0.15, -0.1) is 12.4 Å². The lowest BCUT2D eigenvalue weighted by Gasteiger charge is -2.18. The van der Waals surface area contributed by atoms with Gasteiger partial charge in [0.05, 0.1) is 0 Å². The van der Waals surface area contributed by atoms with Crippen molar-refractivity contribution >= 4 is 29.9 Å². The van der Waals surface area contributed by atoms with E-state index in [1.54, 1.807) is 0 Å². The zero-order chi connectivity index (χ0) is 14.3. The van der Waals surface area contributed by atoms with Crippen LogP contribution in [0.3, 0.4) is 0 Å². The average Bonchev–Trinajstić information content (AvgIpc) is 2.36. The molecule has 0 aliphatic carbocycles. The van der Waals surface area contributed by atoms with Crippen LogP contribution in [0.5, 0.6) is 0 Å². The number of benzene rings is 1. The van der Waals surface area contributed by atoms with Crippen LogP contribution >= 0.6 is 24.0 Å². The van der Waals surface area contributed by atoms with E-state index < -0.39 is 0 Å². The number of nitrogens with one attached hydrogen (secondary N) is 1. The molecule has 0 fully saturated rings. The van der Waals surface area contributed by atoms with Crippen molar-refractivity contribution in [1.29, 1.82) is 0 Å². The van der Waals surface area contributed by atoms with E-state index >= 15 is 0 Å². The van der Waals surface area contributed by atoms with Gasteiger partial charge in [0.25, 0.3) is 0 Å². The Morgan fingerprint density at radius 1 is 1.30 bits per heavy atom. The number of nitrogens with two attached hydrogens (primary N) is 1. The summed E-state index contributed by atoms with van der Waals surface area (Å²) in [6.45, 7) is 4.75. The Bertz CT molecular complexity index is 393. The molecule has 0 aromatic heterocycles. The molecule has 0 aliphatic rings. The quantitative estimate of drug-likeness (QED) is 0.811. The van der Waals surface area contributed by atoms with E-state index in [9.17, 15) is 4.79 Å². The molecule has 0 saturated carbocycles. The van der Waals surface area contributed by atoms with Crippen molar-refractivity contribution in [2.45, 2.75) is 39.2 Å². The highest BCUT2D eigenvalue weighted by Gasteiger charge is 2.12. The lowest BCUT2D eigenvalue weighted by Crippen LogP contribution is -2.41. The van der Waals surface area contributed by atoms with E-state index in [1.807, 2.05) is 24.3 Å². The summed E-state index contributed by atoms with van der Waals surface area (Å²) in [4.78, 5) is 11.8. The van der Waals surface area contributed by atoms with E-state index in [-0.39, 0.29) is 24.4 Å². The normalized spacial score (nSPS) is 11.8. The molecule has 1 unspecified atom stereocenters. The SMILES string of the molecule is CC(C)CC(CN)NC(=O)CCc1ccc(Cl)cc1.Cl. The molecule has 0 radical (unpaired) electrons. The lowest BCUT2D eigenvalue weighted by atomic mass is 10.0. The second kappa shape index (κ2) is 10.0. The molecule has 0 spiro atoms. The van der Waals surface area contributed by atoms with E-state index in [4.69, 9.17) is 17.3 Å². The highest BCUT2D eigenvalue weighted by atomic mass is 35.5. The van der Waals surface area contributed by atoms with Crippen molar-refractivity contribution in [2.75, 3.05) is 6.54 Å². The van der Waals surface area contributed by atoms with Crippen LogP contribution in [-0.4, -0.2) is 18.5 Å². The summed E-state index contributed by atoms with van der Waals surface area (Å²) >= 11 is 5.82. The molecule has 114 valence electrons. The highest BCUT2D eigenvalue weighted by molar-refractivity contribution is 6.30. The van der Waals surface area contributed by atoms with Crippen molar-refractivity contribution in [3.8, 4) is 0 Å². The molecule has 0 heterocycles. The number of halogens is 2. The van der Waals surface area contributed by atoms with Gasteiger partial charge in [-0.1, -0.05) is 37.6 Å². The monoisotopic (exact) mass is 318 g/mol. The number of amides is 1. The molecule has 0 bridgehead atoms. The van der Waals surface area contributed by atoms with Gasteiger partial charge in [0.15, 0.2) is 0 Å². The van der Waals surface area contributed by atoms with Crippen molar-refractivity contribution in [3.63, 3.8) is 0 Å². The van der Waals surface area contributed by atoms with Crippen molar-refractivity contribution in [2.24, 2.45) is 11.7 Å². The Morgan fingerprint density at radius 3 is 2.40 bits per heavy atom. The van der Waals surface area contributed by atoms with E-state index in [1.165, 1.54) is 0 Å². The molecular weight excluding hydrogens is 295 g/mol. The number of hydrogen-bond donors (Lipinski definition) is 2. The van der Waals surface area contributed by atoms with E-state index in [0.29, 0.717) is 23.9 Å². The average molecular weight is 319 g/mol. The number of aryl methyl sites for hydroxylation is 1. The minimum Gasteiger partial charge on any atom is -0.352 e. The first-order chi connectivity index (χ1) is 9.01. The molecule has 20 heavy (non-hydrogen) atoms. The van der Waals surface area contributed by atoms with Crippen LogP contribution in [-0.2, 0) is 11.2 Å². The highest BCUT2D eigenvalue weighted by Crippen LogP contribution is 2.11. The van der Waals surface area contributed by atoms with Crippen molar-refractivity contribution in [1.82, 2.24) is 5.32 Å². The molecule has 0 saturated heterocycles. The zero-order valence-corrected chi connectivity index (χ0v) is 13.6. The molecule has 3 nitrogen and oxygen atoms in total. The van der Waals surface area contributed by atoms with Crippen LogP contribution in [0.25, 0.3) is 0 Å². The fourth-order valence-corrected chi connectivity index (χ4v) is 2.12. The van der Waals surface area contributed by atoms with Crippen LogP contribution in [0.1, 0.15) is 32.3 Å². The Balaban J connectivity index is 0.00000361. The molecule has 1 aromatic rings. The fraction of sp³-hybridized carbons (Fsp3) is 0.533. The first-order valence-electron chi connectivity index (χ1n) is 6.75. The minimum atomic E-state index is 0. The van der Waals surface area contributed by atoms with Gasteiger partial charge in [-0.3, -0.25) is 4.79 Å². The standard InChI is InChI=1S/C15H23ClN2O.ClH/c1-11(2)9-14(10-17)18-15(19)8-5-12-3-6-13(16)7-4-12;/h3-4,6-7,11,14H,5,8-10,17H2,1-2H3,(H,18,19);1H. The van der Waals surface area contributed by atoms with Crippen molar-refractivity contribution in [3.05, 3.63) is 34.9 Å². The molecule has 1 aromatic carbocycles. The summed E-state index contributed by atoms with van der Waals surface area (Å²) in [7, 11) is 0. The van der Waals surface area contributed by atoms with Crippen LogP contribution in [0.4, 0.5) is 0 Å². The summed E-state index contributed by atoms with van der Waals surface area (Å²) in [6.07, 6.45) is 2.13. The van der Waals surface area contributed by atoms with Gasteiger partial charge in [-0.25, -0.2) is 0 Å². The van der Waals surface area contributed by atoms with Gasteiger partial charge in [0.1, 0.15) is 0 Å². The van der Waals surface area contributed by atoms with Gasteiger partial charge in [0.2, 0.25) is 5.91 Å². The second-order valence-corrected chi connectivity index (χ2v) is 5.69. The summed E-state index contributed by atoms with van der Waals surface area (Å²) in [5, 5.41) is 3.71. The van der Waals surface area contributed by atoms with Crippen LogP contribution in [0.2, 0.25) is 5.02 Å². The molecule has 1 rings (SSSR count). The van der Waals surface area contributed by atoms with Crippen LogP contribution in [0.15, 0.2) is 24.3 Å². The predicted octanol–water partition coefficient (Wildman–Crippen LogP) is 3.18. The predicted molar refractivity (Wildman–Crippen MR) is 87.5 cm³/mol. The molecular formula is C15H24Cl2N2O. The summed E-state index contributed by atoms with van der Waals surface area (Å²) in [6, 6.07) is 7.67. The summed E-state index contributed by atoms with van der Waals surface area (Å²) in [5.41, 5.74) is 6.78. The van der Waals surface area contributed by atoms with Crippen molar-refractivity contribution < 1.29 is 4.79 Å². The Hall–Kier alpha value is -0.770. The third-order valence-corrected chi connectivity index (χ3v) is 3.21. The fourth-order valence-electron chi connectivity index (χ4n) is 1.99. The topological polar surface area (TPSA) is 55.1 Å². The molecule has 1 amide bonds. The largest absolute Gasteiger partial charge is 0.352 e. The first kappa shape index (κ1) is 19.2. The number of rotatable bonds is 7. The van der Waals surface area contributed by atoms with Gasteiger partial charge >= 0.3 is 0 Å². The van der Waals surface area contributed by atoms with Crippen LogP contribution < -0.4 is 11.1 Å². The van der Waals surface area contributed by atoms with Gasteiger partial charge in [-0.05, 0) is 36.5 Å². The number of hydrogen-bond acceptors (Lipinski definition) is 2. The summed E-state index contributed by atoms with van der Waals surface area (Å²) in [5.74, 6) is 0.594. The Morgan fingerprint density at radius 2 is 1.90 bits per heavy atom. The summed E-state index contributed by atoms with van der Waals surface area (Å²) < 4.78 is 0. The maximum Gasteiger partial charge on any atom is 0.220 e.